The molecule has 2 amide bonds. The predicted octanol–water partition coefficient (Wildman–Crippen LogP) is 4.79. The summed E-state index contributed by atoms with van der Waals surface area (Å²) in [6.45, 7) is 11.0. The number of carbonyl (C=O) groups excluding carboxylic acids is 2. The van der Waals surface area contributed by atoms with Crippen LogP contribution in [0.2, 0.25) is 0 Å². The van der Waals surface area contributed by atoms with Crippen LogP contribution in [0.25, 0.3) is 0 Å². The third-order valence-corrected chi connectivity index (χ3v) is 5.91. The van der Waals surface area contributed by atoms with Crippen molar-refractivity contribution in [3.63, 3.8) is 0 Å². The van der Waals surface area contributed by atoms with Gasteiger partial charge in [0.25, 0.3) is 0 Å². The quantitative estimate of drug-likeness (QED) is 0.231. The van der Waals surface area contributed by atoms with Gasteiger partial charge in [0, 0.05) is 26.2 Å². The Bertz CT molecular complexity index is 470. The van der Waals surface area contributed by atoms with Gasteiger partial charge in [0.05, 0.1) is 19.6 Å². The summed E-state index contributed by atoms with van der Waals surface area (Å²) in [5, 5.41) is 9.39. The van der Waals surface area contributed by atoms with Gasteiger partial charge in [-0.2, -0.15) is 0 Å². The summed E-state index contributed by atoms with van der Waals surface area (Å²) in [6, 6.07) is 0. The fourth-order valence-electron chi connectivity index (χ4n) is 3.87. The van der Waals surface area contributed by atoms with E-state index in [1.54, 1.807) is 0 Å². The van der Waals surface area contributed by atoms with Crippen molar-refractivity contribution in [1.29, 1.82) is 0 Å². The van der Waals surface area contributed by atoms with E-state index in [2.05, 4.69) is 27.7 Å². The van der Waals surface area contributed by atoms with Crippen LogP contribution in [0.1, 0.15) is 105 Å². The first-order chi connectivity index (χ1) is 15.9. The Morgan fingerprint density at radius 3 is 1.06 bits per heavy atom. The van der Waals surface area contributed by atoms with Crippen molar-refractivity contribution in [2.45, 2.75) is 105 Å². The maximum absolute atomic E-state index is 13.1. The third-order valence-electron chi connectivity index (χ3n) is 5.91. The highest BCUT2D eigenvalue weighted by Crippen LogP contribution is 2.07. The van der Waals surface area contributed by atoms with E-state index >= 15 is 0 Å². The van der Waals surface area contributed by atoms with Gasteiger partial charge in [0.15, 0.2) is 0 Å². The van der Waals surface area contributed by atoms with Crippen molar-refractivity contribution in [2.24, 2.45) is 0 Å². The maximum Gasteiger partial charge on any atom is 0.317 e. The zero-order chi connectivity index (χ0) is 24.9. The van der Waals surface area contributed by atoms with E-state index in [1.807, 2.05) is 9.80 Å². The molecule has 0 rings (SSSR count). The van der Waals surface area contributed by atoms with Crippen LogP contribution in [0.5, 0.6) is 0 Å². The highest BCUT2D eigenvalue weighted by molar-refractivity contribution is 5.82. The number of hydrogen-bond acceptors (Lipinski definition) is 4. The van der Waals surface area contributed by atoms with Gasteiger partial charge in [-0.3, -0.25) is 19.3 Å². The molecule has 0 aromatic rings. The van der Waals surface area contributed by atoms with Crippen molar-refractivity contribution in [3.8, 4) is 0 Å². The van der Waals surface area contributed by atoms with Crippen molar-refractivity contribution in [3.05, 3.63) is 0 Å². The van der Waals surface area contributed by atoms with Crippen LogP contribution in [0, 0.1) is 0 Å². The summed E-state index contributed by atoms with van der Waals surface area (Å²) >= 11 is 0. The van der Waals surface area contributed by atoms with Gasteiger partial charge in [-0.1, -0.05) is 79.1 Å². The van der Waals surface area contributed by atoms with E-state index in [0.717, 1.165) is 77.0 Å². The normalized spacial score (nSPS) is 11.1. The minimum Gasteiger partial charge on any atom is -0.480 e. The van der Waals surface area contributed by atoms with Crippen LogP contribution < -0.4 is 0 Å². The smallest absolute Gasteiger partial charge is 0.317 e. The molecule has 0 saturated carbocycles. The third kappa shape index (κ3) is 16.6. The number of nitrogens with zero attached hydrogens (tertiary/aromatic N) is 3. The molecule has 0 aliphatic heterocycles. The molecule has 0 atom stereocenters. The van der Waals surface area contributed by atoms with Gasteiger partial charge in [-0.15, -0.1) is 0 Å². The van der Waals surface area contributed by atoms with Crippen molar-refractivity contribution in [1.82, 2.24) is 14.7 Å². The highest BCUT2D eigenvalue weighted by Gasteiger charge is 2.23. The molecule has 0 aromatic heterocycles. The van der Waals surface area contributed by atoms with Crippen molar-refractivity contribution >= 4 is 17.8 Å². The van der Waals surface area contributed by atoms with E-state index in [0.29, 0.717) is 26.2 Å². The molecule has 0 bridgehead atoms. The number of aliphatic carboxylic acids is 1. The Morgan fingerprint density at radius 1 is 0.515 bits per heavy atom. The van der Waals surface area contributed by atoms with Crippen LogP contribution in [0.4, 0.5) is 0 Å². The van der Waals surface area contributed by atoms with Gasteiger partial charge in [-0.05, 0) is 25.7 Å². The molecule has 0 saturated heterocycles. The second-order valence-electron chi connectivity index (χ2n) is 9.13. The molecule has 7 nitrogen and oxygen atoms in total. The topological polar surface area (TPSA) is 81.2 Å². The minimum absolute atomic E-state index is 0.0198. The molecule has 0 aliphatic rings. The van der Waals surface area contributed by atoms with Gasteiger partial charge in [0.2, 0.25) is 11.8 Å². The summed E-state index contributed by atoms with van der Waals surface area (Å²) in [6.07, 6.45) is 12.4. The van der Waals surface area contributed by atoms with Crippen molar-refractivity contribution in [2.75, 3.05) is 45.8 Å². The molecule has 0 unspecified atom stereocenters. The van der Waals surface area contributed by atoms with Gasteiger partial charge in [0.1, 0.15) is 0 Å². The Hall–Kier alpha value is -1.63. The number of unbranched alkanes of at least 4 members (excludes halogenated alkanes) is 8. The van der Waals surface area contributed by atoms with E-state index in [4.69, 9.17) is 0 Å². The lowest BCUT2D eigenvalue weighted by Gasteiger charge is -2.29. The second kappa shape index (κ2) is 20.9. The van der Waals surface area contributed by atoms with Crippen molar-refractivity contribution < 1.29 is 19.5 Å². The Balaban J connectivity index is 5.15. The summed E-state index contributed by atoms with van der Waals surface area (Å²) in [5.41, 5.74) is 0. The largest absolute Gasteiger partial charge is 0.480 e. The van der Waals surface area contributed by atoms with Crippen LogP contribution >= 0.6 is 0 Å². The zero-order valence-corrected chi connectivity index (χ0v) is 21.9. The molecule has 0 radical (unpaired) electrons. The summed E-state index contributed by atoms with van der Waals surface area (Å²) in [7, 11) is 0. The summed E-state index contributed by atoms with van der Waals surface area (Å²) in [5.74, 6) is -1.15. The molecular formula is C26H51N3O4. The van der Waals surface area contributed by atoms with Gasteiger partial charge < -0.3 is 14.9 Å². The lowest BCUT2D eigenvalue weighted by Crippen LogP contribution is -2.47. The van der Waals surface area contributed by atoms with E-state index in [9.17, 15) is 19.5 Å². The van der Waals surface area contributed by atoms with Crippen LogP contribution in [0.15, 0.2) is 0 Å². The molecule has 0 heterocycles. The zero-order valence-electron chi connectivity index (χ0n) is 21.9. The molecule has 0 spiro atoms. The summed E-state index contributed by atoms with van der Waals surface area (Å²) in [4.78, 5) is 42.8. The molecule has 1 N–H and O–H groups in total. The van der Waals surface area contributed by atoms with E-state index in [-0.39, 0.29) is 31.4 Å². The van der Waals surface area contributed by atoms with Gasteiger partial charge in [-0.25, -0.2) is 0 Å². The monoisotopic (exact) mass is 469 g/mol. The fraction of sp³-hybridized carbons (Fsp3) is 0.885. The SMILES string of the molecule is CCCCCN(CCCCC)C(=O)CN(CC(=O)O)CC(=O)N(CCCCC)CCCCC. The number of carboxylic acid groups (broad SMARTS) is 1. The minimum atomic E-state index is -1.01. The fourth-order valence-corrected chi connectivity index (χ4v) is 3.87. The molecular weight excluding hydrogens is 418 g/mol. The van der Waals surface area contributed by atoms with Crippen LogP contribution in [0.3, 0.4) is 0 Å². The highest BCUT2D eigenvalue weighted by atomic mass is 16.4. The summed E-state index contributed by atoms with van der Waals surface area (Å²) < 4.78 is 0. The number of amides is 2. The van der Waals surface area contributed by atoms with Crippen LogP contribution in [-0.2, 0) is 14.4 Å². The lowest BCUT2D eigenvalue weighted by molar-refractivity contribution is -0.141. The second-order valence-corrected chi connectivity index (χ2v) is 9.13. The number of carbonyl (C=O) groups is 3. The van der Waals surface area contributed by atoms with Crippen LogP contribution in [-0.4, -0.2) is 83.4 Å². The average molecular weight is 470 g/mol. The molecule has 7 heteroatoms. The first kappa shape index (κ1) is 31.4. The predicted molar refractivity (Wildman–Crippen MR) is 135 cm³/mol. The van der Waals surface area contributed by atoms with E-state index < -0.39 is 5.97 Å². The molecule has 194 valence electrons. The molecule has 33 heavy (non-hydrogen) atoms. The Kier molecular flexibility index (Phi) is 19.9. The first-order valence-corrected chi connectivity index (χ1v) is 13.4. The standard InChI is InChI=1S/C26H51N3O4/c1-5-9-13-17-28(18-14-10-6-2)24(30)21-27(23-26(32)33)22-25(31)29(19-15-11-7-3)20-16-12-8-4/h5-23H2,1-4H3,(H,32,33). The molecule has 0 aliphatic carbocycles. The number of rotatable bonds is 22. The molecule has 0 fully saturated rings. The molecule has 0 aromatic carbocycles. The van der Waals surface area contributed by atoms with E-state index in [1.165, 1.54) is 4.90 Å². The van der Waals surface area contributed by atoms with Gasteiger partial charge >= 0.3 is 5.97 Å². The number of carboxylic acids is 1. The average Bonchev–Trinajstić information content (AvgIpc) is 2.76. The first-order valence-electron chi connectivity index (χ1n) is 13.4. The maximum atomic E-state index is 13.1. The number of hydrogen-bond donors (Lipinski definition) is 1. The Morgan fingerprint density at radius 2 is 0.818 bits per heavy atom. The lowest BCUT2D eigenvalue weighted by atomic mass is 10.2. The Labute approximate surface area is 202 Å².